The van der Waals surface area contributed by atoms with Gasteiger partial charge in [-0.15, -0.1) is 0 Å². The number of carbonyl (C=O) groups excluding carboxylic acids is 1. The molecule has 218 valence electrons. The number of nitrogens with zero attached hydrogens (tertiary/aromatic N) is 1. The van der Waals surface area contributed by atoms with Gasteiger partial charge < -0.3 is 10.2 Å². The van der Waals surface area contributed by atoms with E-state index in [2.05, 4.69) is 11.9 Å². The molecule has 0 aliphatic heterocycles. The van der Waals surface area contributed by atoms with Gasteiger partial charge in [0.05, 0.1) is 11.5 Å². The summed E-state index contributed by atoms with van der Waals surface area (Å²) in [5, 5.41) is 2.92. The first kappa shape index (κ1) is 32.4. The van der Waals surface area contributed by atoms with Gasteiger partial charge in [0.1, 0.15) is 0 Å². The zero-order chi connectivity index (χ0) is 29.8. The summed E-state index contributed by atoms with van der Waals surface area (Å²) in [6.45, 7) is 6.67. The van der Waals surface area contributed by atoms with E-state index < -0.39 is 53.8 Å². The molecule has 0 saturated heterocycles. The van der Waals surface area contributed by atoms with E-state index in [-0.39, 0.29) is 30.5 Å². The molecule has 3 nitrogen and oxygen atoms in total. The van der Waals surface area contributed by atoms with Crippen LogP contribution in [0, 0.1) is 11.3 Å². The van der Waals surface area contributed by atoms with Crippen molar-refractivity contribution < 1.29 is 39.9 Å². The number of hydrogen-bond acceptors (Lipinski definition) is 2. The molecule has 1 N–H and O–H groups in total. The number of carbonyl (C=O) groups is 1. The lowest BCUT2D eigenvalue weighted by Gasteiger charge is -2.34. The Morgan fingerprint density at radius 2 is 1.64 bits per heavy atom. The van der Waals surface area contributed by atoms with Crippen LogP contribution in [0.1, 0.15) is 58.1 Å². The summed E-state index contributed by atoms with van der Waals surface area (Å²) < 4.78 is 109. The maximum atomic E-state index is 14.4. The molecule has 1 aliphatic carbocycles. The third kappa shape index (κ3) is 8.83. The lowest BCUT2D eigenvalue weighted by atomic mass is 9.77. The summed E-state index contributed by atoms with van der Waals surface area (Å²) in [7, 11) is 1.58. The fourth-order valence-electron chi connectivity index (χ4n) is 3.90. The number of alkyl halides is 8. The molecule has 2 atom stereocenters. The molecular formula is C28H34F8N2O. The van der Waals surface area contributed by atoms with E-state index in [4.69, 9.17) is 0 Å². The van der Waals surface area contributed by atoms with Crippen molar-refractivity contribution in [1.82, 2.24) is 5.32 Å². The van der Waals surface area contributed by atoms with Gasteiger partial charge >= 0.3 is 12.4 Å². The quantitative estimate of drug-likeness (QED) is 0.204. The number of nitrogens with one attached hydrogen (secondary N) is 1. The average Bonchev–Trinajstić information content (AvgIpc) is 3.69. The van der Waals surface area contributed by atoms with E-state index in [1.807, 2.05) is 6.92 Å². The molecular weight excluding hydrogens is 532 g/mol. The standard InChI is InChI=1S/C28H34F8N2O/c1-6-21(28(34,35)36)16-22(15-17(2)27(31,32)33)26(4,25(29)30)13-14-38(5)23-11-9-19(10-12-23)18(3)37-24(39)20-7-8-20/h9-12,15-16,18,20,25H,2,6-8,13-14H2,1,3-5H3,(H,37,39). The second-order valence-electron chi connectivity index (χ2n) is 10.1. The molecule has 0 bridgehead atoms. The first-order chi connectivity index (χ1) is 17.9. The van der Waals surface area contributed by atoms with Crippen molar-refractivity contribution in [3.8, 4) is 0 Å². The highest BCUT2D eigenvalue weighted by Gasteiger charge is 2.42. The maximum absolute atomic E-state index is 14.4. The summed E-state index contributed by atoms with van der Waals surface area (Å²) >= 11 is 0. The van der Waals surface area contributed by atoms with E-state index in [9.17, 15) is 39.9 Å². The van der Waals surface area contributed by atoms with E-state index in [0.29, 0.717) is 11.8 Å². The Morgan fingerprint density at radius 1 is 1.08 bits per heavy atom. The first-order valence-electron chi connectivity index (χ1n) is 12.6. The maximum Gasteiger partial charge on any atom is 0.415 e. The van der Waals surface area contributed by atoms with Crippen molar-refractivity contribution in [3.63, 3.8) is 0 Å². The van der Waals surface area contributed by atoms with Crippen LogP contribution in [-0.2, 0) is 4.79 Å². The van der Waals surface area contributed by atoms with Crippen LogP contribution in [0.4, 0.5) is 40.8 Å². The molecule has 11 heteroatoms. The first-order valence-corrected chi connectivity index (χ1v) is 12.6. The molecule has 0 radical (unpaired) electrons. The van der Waals surface area contributed by atoms with Crippen LogP contribution in [-0.4, -0.2) is 38.3 Å². The molecule has 2 unspecified atom stereocenters. The van der Waals surface area contributed by atoms with Crippen molar-refractivity contribution >= 4 is 11.6 Å². The summed E-state index contributed by atoms with van der Waals surface area (Å²) in [5.41, 5.74) is -4.46. The Labute approximate surface area is 223 Å². The number of halogens is 8. The highest BCUT2D eigenvalue weighted by atomic mass is 19.4. The van der Waals surface area contributed by atoms with Crippen molar-refractivity contribution in [2.75, 3.05) is 18.5 Å². The average molecular weight is 567 g/mol. The molecule has 2 rings (SSSR count). The zero-order valence-corrected chi connectivity index (χ0v) is 22.3. The molecule has 1 saturated carbocycles. The third-order valence-corrected chi connectivity index (χ3v) is 7.02. The fraction of sp³-hybridized carbons (Fsp3) is 0.536. The fourth-order valence-corrected chi connectivity index (χ4v) is 3.90. The topological polar surface area (TPSA) is 32.3 Å². The minimum absolute atomic E-state index is 0.0159. The third-order valence-electron chi connectivity index (χ3n) is 7.02. The van der Waals surface area contributed by atoms with E-state index in [0.717, 1.165) is 32.3 Å². The van der Waals surface area contributed by atoms with Crippen LogP contribution < -0.4 is 10.2 Å². The second kappa shape index (κ2) is 12.6. The van der Waals surface area contributed by atoms with Gasteiger partial charge in [-0.05, 0) is 68.9 Å². The molecule has 1 aliphatic rings. The Kier molecular flexibility index (Phi) is 10.4. The highest BCUT2D eigenvalue weighted by molar-refractivity contribution is 5.81. The van der Waals surface area contributed by atoms with Crippen LogP contribution in [0.15, 0.2) is 59.7 Å². The lowest BCUT2D eigenvalue weighted by Crippen LogP contribution is -2.34. The smallest absolute Gasteiger partial charge is 0.375 e. The molecule has 0 aromatic heterocycles. The monoisotopic (exact) mass is 566 g/mol. The number of anilines is 1. The highest BCUT2D eigenvalue weighted by Crippen LogP contribution is 2.43. The lowest BCUT2D eigenvalue weighted by molar-refractivity contribution is -0.123. The normalized spacial score (nSPS) is 17.6. The van der Waals surface area contributed by atoms with E-state index in [1.165, 1.54) is 0 Å². The number of hydrogen-bond donors (Lipinski definition) is 1. The number of amides is 1. The van der Waals surface area contributed by atoms with Crippen molar-refractivity contribution in [2.45, 2.75) is 71.3 Å². The summed E-state index contributed by atoms with van der Waals surface area (Å²) in [6, 6.07) is 6.68. The zero-order valence-electron chi connectivity index (χ0n) is 22.3. The Balaban J connectivity index is 2.29. The molecule has 1 amide bonds. The predicted molar refractivity (Wildman–Crippen MR) is 135 cm³/mol. The molecule has 39 heavy (non-hydrogen) atoms. The Bertz CT molecular complexity index is 1070. The van der Waals surface area contributed by atoms with Crippen molar-refractivity contribution in [2.24, 2.45) is 11.3 Å². The molecule has 1 aromatic rings. The second-order valence-corrected chi connectivity index (χ2v) is 10.1. The summed E-state index contributed by atoms with van der Waals surface area (Å²) in [4.78, 5) is 13.6. The minimum Gasteiger partial charge on any atom is -0.375 e. The van der Waals surface area contributed by atoms with Gasteiger partial charge in [-0.2, -0.15) is 26.3 Å². The van der Waals surface area contributed by atoms with Gasteiger partial charge in [-0.1, -0.05) is 31.7 Å². The van der Waals surface area contributed by atoms with E-state index >= 15 is 0 Å². The van der Waals surface area contributed by atoms with Crippen LogP contribution in [0.5, 0.6) is 0 Å². The minimum atomic E-state index is -5.00. The van der Waals surface area contributed by atoms with Crippen LogP contribution in [0.3, 0.4) is 0 Å². The van der Waals surface area contributed by atoms with Gasteiger partial charge in [0.2, 0.25) is 12.3 Å². The Morgan fingerprint density at radius 3 is 2.08 bits per heavy atom. The molecule has 0 heterocycles. The van der Waals surface area contributed by atoms with Gasteiger partial charge in [-0.25, -0.2) is 8.78 Å². The van der Waals surface area contributed by atoms with Gasteiger partial charge in [0, 0.05) is 36.3 Å². The summed E-state index contributed by atoms with van der Waals surface area (Å²) in [5.74, 6) is 0.0338. The van der Waals surface area contributed by atoms with Gasteiger partial charge in [0.15, 0.2) is 0 Å². The number of rotatable bonds is 12. The summed E-state index contributed by atoms with van der Waals surface area (Å²) in [6.07, 6.45) is -11.8. The van der Waals surface area contributed by atoms with Crippen molar-refractivity contribution in [3.05, 3.63) is 65.3 Å². The van der Waals surface area contributed by atoms with Crippen LogP contribution >= 0.6 is 0 Å². The largest absolute Gasteiger partial charge is 0.415 e. The van der Waals surface area contributed by atoms with Gasteiger partial charge in [-0.3, -0.25) is 4.79 Å². The molecule has 1 fully saturated rings. The van der Waals surface area contributed by atoms with Crippen molar-refractivity contribution in [1.29, 1.82) is 0 Å². The van der Waals surface area contributed by atoms with Gasteiger partial charge in [0.25, 0.3) is 0 Å². The Hall–Kier alpha value is -2.85. The van der Waals surface area contributed by atoms with Crippen LogP contribution in [0.2, 0.25) is 0 Å². The number of allylic oxidation sites excluding steroid dienone is 5. The van der Waals surface area contributed by atoms with E-state index in [1.54, 1.807) is 36.2 Å². The molecule has 0 spiro atoms. The van der Waals surface area contributed by atoms with Crippen LogP contribution in [0.25, 0.3) is 0 Å². The molecule has 1 aromatic carbocycles. The SMILES string of the molecule is C=C(C=C(C=C(CC)C(F)(F)F)C(C)(CCN(C)c1ccc(C(C)NC(=O)C2CC2)cc1)C(F)F)C(F)(F)F. The number of benzene rings is 1. The predicted octanol–water partition coefficient (Wildman–Crippen LogP) is 8.32.